The average molecular weight is 748 g/mol. The Kier molecular flexibility index (Phi) is 8.03. The highest BCUT2D eigenvalue weighted by molar-refractivity contribution is 6.21. The largest absolute Gasteiger partial charge is 0.310 e. The fraction of sp³-hybridized carbons (Fsp3) is 0.0588. The standard InChI is InChI=1S/C51H37N7/c1-34-21-23-35(24-22-34)36-31-42-49-48(52-29-30-53-49)41-26-28-47(55-51(41)50(42)54-33-36)58-44-20-12-11-19-43(44)57(39-17-9-4-10-18-39)46-32-40(25-27-45(46)58)56(37-13-5-2-6-14-37)38-15-7-3-8-16-38/h2-21,23-34H,22H2,1H3. The molecule has 58 heavy (non-hydrogen) atoms. The maximum Gasteiger partial charge on any atom is 0.138 e. The maximum absolute atomic E-state index is 5.52. The van der Waals surface area contributed by atoms with Gasteiger partial charge < -0.3 is 9.80 Å². The smallest absolute Gasteiger partial charge is 0.138 e. The van der Waals surface area contributed by atoms with Gasteiger partial charge >= 0.3 is 0 Å². The molecular formula is C51H37N7. The van der Waals surface area contributed by atoms with E-state index in [9.17, 15) is 0 Å². The van der Waals surface area contributed by atoms with Gasteiger partial charge in [-0.2, -0.15) is 0 Å². The lowest BCUT2D eigenvalue weighted by Crippen LogP contribution is -2.25. The SMILES string of the molecule is CC1C=CC(c2cnc3c(c2)c2nccnc2c2ccc(N4c5ccccc5N(c5ccccc5)c5cc(N(c6ccccc6)c6ccccc6)ccc54)nc23)=CC1. The highest BCUT2D eigenvalue weighted by Gasteiger charge is 2.32. The summed E-state index contributed by atoms with van der Waals surface area (Å²) in [6, 6.07) is 53.4. The molecule has 0 amide bonds. The van der Waals surface area contributed by atoms with Gasteiger partial charge in [0.2, 0.25) is 0 Å². The van der Waals surface area contributed by atoms with Gasteiger partial charge in [0.15, 0.2) is 0 Å². The summed E-state index contributed by atoms with van der Waals surface area (Å²) in [5.74, 6) is 1.31. The molecule has 0 saturated carbocycles. The predicted octanol–water partition coefficient (Wildman–Crippen LogP) is 13.4. The highest BCUT2D eigenvalue weighted by atomic mass is 15.3. The van der Waals surface area contributed by atoms with Crippen molar-refractivity contribution in [2.75, 3.05) is 14.7 Å². The van der Waals surface area contributed by atoms with Crippen molar-refractivity contribution in [3.05, 3.63) is 194 Å². The number of fused-ring (bicyclic) bond motifs is 8. The third-order valence-corrected chi connectivity index (χ3v) is 11.2. The molecule has 9 aromatic rings. The zero-order chi connectivity index (χ0) is 38.6. The van der Waals surface area contributed by atoms with Crippen LogP contribution in [0.2, 0.25) is 0 Å². The van der Waals surface area contributed by atoms with E-state index in [1.165, 1.54) is 5.57 Å². The Morgan fingerprint density at radius 3 is 1.84 bits per heavy atom. The predicted molar refractivity (Wildman–Crippen MR) is 239 cm³/mol. The van der Waals surface area contributed by atoms with Crippen LogP contribution in [0.15, 0.2) is 188 Å². The number of aromatic nitrogens is 4. The molecule has 0 spiro atoms. The van der Waals surface area contributed by atoms with Gasteiger partial charge in [-0.3, -0.25) is 19.9 Å². The summed E-state index contributed by atoms with van der Waals surface area (Å²) >= 11 is 0. The molecule has 0 bridgehead atoms. The highest BCUT2D eigenvalue weighted by Crippen LogP contribution is 2.55. The van der Waals surface area contributed by atoms with Gasteiger partial charge in [0.1, 0.15) is 11.3 Å². The summed E-state index contributed by atoms with van der Waals surface area (Å²) in [4.78, 5) is 27.3. The van der Waals surface area contributed by atoms with Crippen molar-refractivity contribution in [2.24, 2.45) is 5.92 Å². The van der Waals surface area contributed by atoms with Gasteiger partial charge in [0, 0.05) is 57.7 Å². The summed E-state index contributed by atoms with van der Waals surface area (Å²) in [6.45, 7) is 2.24. The Morgan fingerprint density at radius 2 is 1.16 bits per heavy atom. The molecule has 7 nitrogen and oxygen atoms in total. The van der Waals surface area contributed by atoms with Crippen LogP contribution in [-0.2, 0) is 0 Å². The quantitative estimate of drug-likeness (QED) is 0.157. The first-order valence-electron chi connectivity index (χ1n) is 19.7. The minimum absolute atomic E-state index is 0.526. The van der Waals surface area contributed by atoms with Gasteiger partial charge in [-0.1, -0.05) is 91.9 Å². The molecule has 0 radical (unpaired) electrons. The second-order valence-corrected chi connectivity index (χ2v) is 14.8. The summed E-state index contributed by atoms with van der Waals surface area (Å²) in [7, 11) is 0. The molecule has 1 aliphatic carbocycles. The van der Waals surface area contributed by atoms with E-state index in [1.54, 1.807) is 12.4 Å². The van der Waals surface area contributed by atoms with E-state index in [0.29, 0.717) is 5.92 Å². The fourth-order valence-corrected chi connectivity index (χ4v) is 8.43. The van der Waals surface area contributed by atoms with Crippen LogP contribution in [0.25, 0.3) is 38.4 Å². The number of pyridine rings is 2. The van der Waals surface area contributed by atoms with E-state index in [0.717, 1.165) is 96.1 Å². The van der Waals surface area contributed by atoms with Crippen molar-refractivity contribution < 1.29 is 0 Å². The van der Waals surface area contributed by atoms with Crippen molar-refractivity contribution >= 4 is 89.7 Å². The van der Waals surface area contributed by atoms with Crippen LogP contribution in [0.3, 0.4) is 0 Å². The number of hydrogen-bond donors (Lipinski definition) is 0. The van der Waals surface area contributed by atoms with Crippen LogP contribution < -0.4 is 14.7 Å². The van der Waals surface area contributed by atoms with Crippen molar-refractivity contribution in [3.8, 4) is 0 Å². The lowest BCUT2D eigenvalue weighted by molar-refractivity contribution is 0.739. The molecule has 276 valence electrons. The first-order chi connectivity index (χ1) is 28.7. The van der Waals surface area contributed by atoms with E-state index >= 15 is 0 Å². The Balaban J connectivity index is 1.14. The fourth-order valence-electron chi connectivity index (χ4n) is 8.43. The molecule has 0 N–H and O–H groups in total. The van der Waals surface area contributed by atoms with Crippen LogP contribution in [-0.4, -0.2) is 19.9 Å². The lowest BCUT2D eigenvalue weighted by Gasteiger charge is -2.40. The zero-order valence-electron chi connectivity index (χ0n) is 31.8. The zero-order valence-corrected chi connectivity index (χ0v) is 31.8. The first-order valence-corrected chi connectivity index (χ1v) is 19.7. The second kappa shape index (κ2) is 13.8. The molecule has 3 aromatic heterocycles. The van der Waals surface area contributed by atoms with Gasteiger partial charge in [0.05, 0.1) is 39.3 Å². The average Bonchev–Trinajstić information content (AvgIpc) is 3.29. The number of anilines is 9. The number of nitrogens with zero attached hydrogens (tertiary/aromatic N) is 7. The second-order valence-electron chi connectivity index (χ2n) is 14.8. The van der Waals surface area contributed by atoms with Crippen LogP contribution >= 0.6 is 0 Å². The van der Waals surface area contributed by atoms with Crippen molar-refractivity contribution in [2.45, 2.75) is 13.3 Å². The monoisotopic (exact) mass is 747 g/mol. The van der Waals surface area contributed by atoms with Crippen LogP contribution in [0, 0.1) is 5.92 Å². The van der Waals surface area contributed by atoms with Gasteiger partial charge in [-0.15, -0.1) is 0 Å². The van der Waals surface area contributed by atoms with E-state index in [-0.39, 0.29) is 0 Å². The van der Waals surface area contributed by atoms with Gasteiger partial charge in [-0.25, -0.2) is 4.98 Å². The minimum atomic E-state index is 0.526. The third-order valence-electron chi connectivity index (χ3n) is 11.2. The third kappa shape index (κ3) is 5.59. The summed E-state index contributed by atoms with van der Waals surface area (Å²) < 4.78 is 0. The van der Waals surface area contributed by atoms with Crippen molar-refractivity contribution in [3.63, 3.8) is 0 Å². The van der Waals surface area contributed by atoms with Crippen LogP contribution in [0.5, 0.6) is 0 Å². The molecule has 1 aliphatic heterocycles. The summed E-state index contributed by atoms with van der Waals surface area (Å²) in [5, 5.41) is 1.85. The maximum atomic E-state index is 5.52. The Labute approximate surface area is 336 Å². The molecule has 2 aliphatic rings. The number of rotatable bonds is 6. The molecular weight excluding hydrogens is 711 g/mol. The van der Waals surface area contributed by atoms with Crippen LogP contribution in [0.4, 0.5) is 51.3 Å². The Hall–Kier alpha value is -7.64. The number of benzene rings is 6. The molecule has 0 fully saturated rings. The van der Waals surface area contributed by atoms with E-state index < -0.39 is 0 Å². The summed E-state index contributed by atoms with van der Waals surface area (Å²) in [6.07, 6.45) is 13.3. The molecule has 6 aromatic carbocycles. The van der Waals surface area contributed by atoms with Crippen molar-refractivity contribution in [1.82, 2.24) is 19.9 Å². The molecule has 11 rings (SSSR count). The Morgan fingerprint density at radius 1 is 0.534 bits per heavy atom. The van der Waals surface area contributed by atoms with E-state index in [1.807, 2.05) is 6.20 Å². The summed E-state index contributed by atoms with van der Waals surface area (Å²) in [5.41, 5.74) is 13.8. The molecule has 0 saturated heterocycles. The normalized spacial score (nSPS) is 14.7. The van der Waals surface area contributed by atoms with E-state index in [4.69, 9.17) is 19.9 Å². The van der Waals surface area contributed by atoms with Crippen molar-refractivity contribution in [1.29, 1.82) is 0 Å². The molecule has 1 atom stereocenters. The number of allylic oxidation sites excluding steroid dienone is 4. The van der Waals surface area contributed by atoms with Crippen LogP contribution in [0.1, 0.15) is 18.9 Å². The van der Waals surface area contributed by atoms with Gasteiger partial charge in [0.25, 0.3) is 0 Å². The first kappa shape index (κ1) is 33.7. The molecule has 4 heterocycles. The number of hydrogen-bond acceptors (Lipinski definition) is 7. The van der Waals surface area contributed by atoms with E-state index in [2.05, 4.69) is 192 Å². The Bertz CT molecular complexity index is 3030. The van der Waals surface area contributed by atoms with Gasteiger partial charge in [-0.05, 0) is 103 Å². The number of para-hydroxylation sites is 5. The lowest BCUT2D eigenvalue weighted by atomic mass is 9.94. The minimum Gasteiger partial charge on any atom is -0.310 e. The molecule has 7 heteroatoms. The molecule has 1 unspecified atom stereocenters. The topological polar surface area (TPSA) is 61.3 Å².